The number of pyridine rings is 1. The molecule has 1 N–H and O–H groups in total. The normalized spacial score (nSPS) is 28.5. The highest BCUT2D eigenvalue weighted by molar-refractivity contribution is 5.76. The first-order chi connectivity index (χ1) is 11.2. The van der Waals surface area contributed by atoms with Crippen LogP contribution in [-0.2, 0) is 11.0 Å². The first kappa shape index (κ1) is 17.0. The van der Waals surface area contributed by atoms with E-state index in [4.69, 9.17) is 0 Å². The summed E-state index contributed by atoms with van der Waals surface area (Å²) in [6, 6.07) is 3.61. The molecule has 24 heavy (non-hydrogen) atoms. The predicted molar refractivity (Wildman–Crippen MR) is 81.8 cm³/mol. The summed E-state index contributed by atoms with van der Waals surface area (Å²) in [5.41, 5.74) is -1.74. The van der Waals surface area contributed by atoms with Crippen molar-refractivity contribution in [2.45, 2.75) is 31.5 Å². The number of rotatable bonds is 2. The van der Waals surface area contributed by atoms with Gasteiger partial charge in [0.1, 0.15) is 11.5 Å². The molecule has 3 heterocycles. The van der Waals surface area contributed by atoms with Crippen LogP contribution in [0.25, 0.3) is 0 Å². The number of likely N-dealkylation sites (N-methyl/N-ethyl adjacent to an activating group) is 1. The molecule has 0 unspecified atom stereocenters. The SMILES string of the molecule is CN1CCC[C@]2(C(=O)O)CCN(c3cccc(C(F)(F)F)n3)C[C@@H]12. The lowest BCUT2D eigenvalue weighted by Gasteiger charge is -2.52. The Morgan fingerprint density at radius 1 is 1.33 bits per heavy atom. The summed E-state index contributed by atoms with van der Waals surface area (Å²) in [5.74, 6) is -0.557. The first-order valence-electron chi connectivity index (χ1n) is 7.97. The van der Waals surface area contributed by atoms with Gasteiger partial charge in [0, 0.05) is 19.1 Å². The van der Waals surface area contributed by atoms with Gasteiger partial charge in [-0.2, -0.15) is 13.2 Å². The molecule has 5 nitrogen and oxygen atoms in total. The van der Waals surface area contributed by atoms with Crippen molar-refractivity contribution in [3.63, 3.8) is 0 Å². The van der Waals surface area contributed by atoms with Crippen LogP contribution < -0.4 is 4.90 Å². The monoisotopic (exact) mass is 343 g/mol. The number of fused-ring (bicyclic) bond motifs is 1. The van der Waals surface area contributed by atoms with Crippen molar-refractivity contribution in [3.8, 4) is 0 Å². The van der Waals surface area contributed by atoms with Crippen LogP contribution in [0.3, 0.4) is 0 Å². The fraction of sp³-hybridized carbons (Fsp3) is 0.625. The third-order valence-corrected chi connectivity index (χ3v) is 5.30. The van der Waals surface area contributed by atoms with E-state index in [0.29, 0.717) is 25.9 Å². The standard InChI is InChI=1S/C16H20F3N3O2/c1-21-8-3-6-15(14(23)24)7-9-22(10-12(15)21)13-5-2-4-11(20-13)16(17,18)19/h2,4-5,12H,3,6-10H2,1H3,(H,23,24)/t12-,15+/m1/s1. The van der Waals surface area contributed by atoms with Gasteiger partial charge in [0.25, 0.3) is 0 Å². The van der Waals surface area contributed by atoms with Crippen molar-refractivity contribution in [2.75, 3.05) is 31.6 Å². The molecule has 2 atom stereocenters. The second kappa shape index (κ2) is 5.91. The number of piperidine rings is 2. The summed E-state index contributed by atoms with van der Waals surface area (Å²) >= 11 is 0. The third-order valence-electron chi connectivity index (χ3n) is 5.30. The van der Waals surface area contributed by atoms with E-state index >= 15 is 0 Å². The number of anilines is 1. The van der Waals surface area contributed by atoms with E-state index in [1.165, 1.54) is 6.07 Å². The first-order valence-corrected chi connectivity index (χ1v) is 7.97. The molecule has 0 aromatic carbocycles. The molecule has 0 saturated carbocycles. The predicted octanol–water partition coefficient (Wildman–Crippen LogP) is 2.48. The van der Waals surface area contributed by atoms with E-state index < -0.39 is 23.3 Å². The Morgan fingerprint density at radius 3 is 2.75 bits per heavy atom. The smallest absolute Gasteiger partial charge is 0.433 e. The number of aliphatic carboxylic acids is 1. The highest BCUT2D eigenvalue weighted by Crippen LogP contribution is 2.43. The average molecular weight is 343 g/mol. The van der Waals surface area contributed by atoms with Crippen LogP contribution in [0.15, 0.2) is 18.2 Å². The van der Waals surface area contributed by atoms with Gasteiger partial charge >= 0.3 is 12.1 Å². The molecular weight excluding hydrogens is 323 g/mol. The lowest BCUT2D eigenvalue weighted by Crippen LogP contribution is -2.63. The molecular formula is C16H20F3N3O2. The second-order valence-electron chi connectivity index (χ2n) is 6.64. The third kappa shape index (κ3) is 2.83. The highest BCUT2D eigenvalue weighted by atomic mass is 19.4. The second-order valence-corrected chi connectivity index (χ2v) is 6.64. The zero-order valence-electron chi connectivity index (χ0n) is 13.4. The molecule has 1 aromatic heterocycles. The van der Waals surface area contributed by atoms with Crippen LogP contribution in [-0.4, -0.2) is 53.7 Å². The van der Waals surface area contributed by atoms with Crippen molar-refractivity contribution in [2.24, 2.45) is 5.41 Å². The molecule has 0 bridgehead atoms. The lowest BCUT2D eigenvalue weighted by atomic mass is 9.68. The molecule has 3 rings (SSSR count). The van der Waals surface area contributed by atoms with E-state index in [1.54, 1.807) is 11.0 Å². The quantitative estimate of drug-likeness (QED) is 0.894. The number of carboxylic acid groups (broad SMARTS) is 1. The average Bonchev–Trinajstić information content (AvgIpc) is 2.54. The van der Waals surface area contributed by atoms with E-state index in [1.807, 2.05) is 11.9 Å². The Morgan fingerprint density at radius 2 is 2.08 bits per heavy atom. The van der Waals surface area contributed by atoms with Gasteiger partial charge in [0.2, 0.25) is 0 Å². The zero-order valence-corrected chi connectivity index (χ0v) is 13.4. The van der Waals surface area contributed by atoms with Gasteiger partial charge in [-0.1, -0.05) is 6.07 Å². The maximum atomic E-state index is 12.9. The summed E-state index contributed by atoms with van der Waals surface area (Å²) < 4.78 is 38.6. The fourth-order valence-corrected chi connectivity index (χ4v) is 3.95. The van der Waals surface area contributed by atoms with Gasteiger partial charge in [-0.05, 0) is 45.0 Å². The van der Waals surface area contributed by atoms with E-state index in [0.717, 1.165) is 19.0 Å². The molecule has 132 valence electrons. The van der Waals surface area contributed by atoms with Crippen molar-refractivity contribution in [3.05, 3.63) is 23.9 Å². The van der Waals surface area contributed by atoms with Gasteiger partial charge < -0.3 is 14.9 Å². The molecule has 2 aliphatic heterocycles. The summed E-state index contributed by atoms with van der Waals surface area (Å²) in [4.78, 5) is 19.4. The number of carboxylic acids is 1. The Labute approximate surface area is 138 Å². The molecule has 2 saturated heterocycles. The molecule has 0 aliphatic carbocycles. The van der Waals surface area contributed by atoms with Gasteiger partial charge in [-0.3, -0.25) is 4.79 Å². The summed E-state index contributed by atoms with van der Waals surface area (Å²) in [6.07, 6.45) is -2.64. The van der Waals surface area contributed by atoms with Crippen LogP contribution >= 0.6 is 0 Å². The number of carbonyl (C=O) groups is 1. The molecule has 0 spiro atoms. The minimum absolute atomic E-state index is 0.228. The zero-order chi connectivity index (χ0) is 17.5. The number of hydrogen-bond donors (Lipinski definition) is 1. The Kier molecular flexibility index (Phi) is 4.19. The lowest BCUT2D eigenvalue weighted by molar-refractivity contribution is -0.158. The van der Waals surface area contributed by atoms with Crippen LogP contribution in [0.4, 0.5) is 19.0 Å². The van der Waals surface area contributed by atoms with E-state index in [-0.39, 0.29) is 11.9 Å². The van der Waals surface area contributed by atoms with Gasteiger partial charge in [-0.25, -0.2) is 4.98 Å². The number of likely N-dealkylation sites (tertiary alicyclic amines) is 1. The Balaban J connectivity index is 1.87. The molecule has 0 amide bonds. The van der Waals surface area contributed by atoms with Crippen molar-refractivity contribution in [1.29, 1.82) is 0 Å². The molecule has 8 heteroatoms. The van der Waals surface area contributed by atoms with Crippen LogP contribution in [0.1, 0.15) is 25.0 Å². The number of alkyl halides is 3. The highest BCUT2D eigenvalue weighted by Gasteiger charge is 2.52. The molecule has 1 aromatic rings. The molecule has 2 aliphatic rings. The van der Waals surface area contributed by atoms with E-state index in [9.17, 15) is 23.1 Å². The summed E-state index contributed by atoms with van der Waals surface area (Å²) in [6.45, 7) is 1.56. The van der Waals surface area contributed by atoms with Crippen molar-refractivity contribution < 1.29 is 23.1 Å². The van der Waals surface area contributed by atoms with Crippen molar-refractivity contribution in [1.82, 2.24) is 9.88 Å². The number of aromatic nitrogens is 1. The van der Waals surface area contributed by atoms with Crippen LogP contribution in [0.5, 0.6) is 0 Å². The van der Waals surface area contributed by atoms with E-state index in [2.05, 4.69) is 4.98 Å². The minimum atomic E-state index is -4.49. The van der Waals surface area contributed by atoms with Gasteiger partial charge in [0.15, 0.2) is 0 Å². The largest absolute Gasteiger partial charge is 0.481 e. The number of nitrogens with zero attached hydrogens (tertiary/aromatic N) is 3. The molecule has 0 radical (unpaired) electrons. The Bertz CT molecular complexity index is 637. The Hall–Kier alpha value is -1.83. The van der Waals surface area contributed by atoms with Crippen LogP contribution in [0.2, 0.25) is 0 Å². The van der Waals surface area contributed by atoms with Crippen molar-refractivity contribution >= 4 is 11.8 Å². The van der Waals surface area contributed by atoms with Gasteiger partial charge in [0.05, 0.1) is 5.41 Å². The van der Waals surface area contributed by atoms with Crippen LogP contribution in [0, 0.1) is 5.41 Å². The topological polar surface area (TPSA) is 56.7 Å². The number of halogens is 3. The number of hydrogen-bond acceptors (Lipinski definition) is 4. The summed E-state index contributed by atoms with van der Waals surface area (Å²) in [7, 11) is 1.88. The molecule has 2 fully saturated rings. The minimum Gasteiger partial charge on any atom is -0.481 e. The van der Waals surface area contributed by atoms with Gasteiger partial charge in [-0.15, -0.1) is 0 Å². The summed E-state index contributed by atoms with van der Waals surface area (Å²) in [5, 5.41) is 9.74. The maximum Gasteiger partial charge on any atom is 0.433 e. The maximum absolute atomic E-state index is 12.9. The fourth-order valence-electron chi connectivity index (χ4n) is 3.95.